The van der Waals surface area contributed by atoms with Crippen LogP contribution in [0.1, 0.15) is 43.0 Å². The molecule has 0 fully saturated rings. The lowest BCUT2D eigenvalue weighted by molar-refractivity contribution is -0.139. The molecule has 0 aliphatic carbocycles. The Morgan fingerprint density at radius 3 is 2.72 bits per heavy atom. The number of aromatic nitrogens is 2. The minimum Gasteiger partial charge on any atom is -0.480 e. The van der Waals surface area contributed by atoms with E-state index in [1.54, 1.807) is 13.2 Å². The maximum atomic E-state index is 11.8. The first kappa shape index (κ1) is 14.2. The molecule has 1 aromatic rings. The zero-order valence-corrected chi connectivity index (χ0v) is 10.7. The number of amides is 1. The Kier molecular flexibility index (Phi) is 5.35. The van der Waals surface area contributed by atoms with Crippen LogP contribution in [0, 0.1) is 0 Å². The Hall–Kier alpha value is -1.85. The van der Waals surface area contributed by atoms with Gasteiger partial charge in [0.25, 0.3) is 5.91 Å². The van der Waals surface area contributed by atoms with Crippen molar-refractivity contribution in [3.05, 3.63) is 18.0 Å². The number of hydrogen-bond donors (Lipinski definition) is 2. The number of carbonyl (C=O) groups excluding carboxylic acids is 1. The van der Waals surface area contributed by atoms with E-state index < -0.39 is 17.9 Å². The first-order valence-electron chi connectivity index (χ1n) is 6.07. The standard InChI is InChI=1S/C12H19N3O3/c1-3-4-5-6-10(12(17)18)14-11(16)9-7-13-15(2)8-9/h7-8,10H,3-6H2,1-2H3,(H,14,16)(H,17,18)/t10-/m1/s1. The molecule has 6 heteroatoms. The van der Waals surface area contributed by atoms with Crippen molar-refractivity contribution in [2.24, 2.45) is 7.05 Å². The number of nitrogens with one attached hydrogen (secondary N) is 1. The molecule has 0 aromatic carbocycles. The Labute approximate surface area is 106 Å². The number of aryl methyl sites for hydroxylation is 1. The lowest BCUT2D eigenvalue weighted by Gasteiger charge is -2.13. The first-order chi connectivity index (χ1) is 8.54. The normalized spacial score (nSPS) is 12.1. The predicted octanol–water partition coefficient (Wildman–Crippen LogP) is 1.18. The highest BCUT2D eigenvalue weighted by Gasteiger charge is 2.20. The lowest BCUT2D eigenvalue weighted by Crippen LogP contribution is -2.40. The summed E-state index contributed by atoms with van der Waals surface area (Å²) >= 11 is 0. The van der Waals surface area contributed by atoms with Gasteiger partial charge in [0.05, 0.1) is 11.8 Å². The van der Waals surface area contributed by atoms with Crippen molar-refractivity contribution in [2.45, 2.75) is 38.6 Å². The predicted molar refractivity (Wildman–Crippen MR) is 66.2 cm³/mol. The molecule has 1 amide bonds. The highest BCUT2D eigenvalue weighted by Crippen LogP contribution is 2.05. The molecule has 1 rings (SSSR count). The molecule has 0 radical (unpaired) electrons. The Bertz CT molecular complexity index is 414. The van der Waals surface area contributed by atoms with Crippen molar-refractivity contribution in [1.82, 2.24) is 15.1 Å². The number of carboxylic acid groups (broad SMARTS) is 1. The molecule has 6 nitrogen and oxygen atoms in total. The van der Waals surface area contributed by atoms with E-state index in [2.05, 4.69) is 10.4 Å². The van der Waals surface area contributed by atoms with Gasteiger partial charge in [0.15, 0.2) is 0 Å². The van der Waals surface area contributed by atoms with Gasteiger partial charge < -0.3 is 10.4 Å². The second kappa shape index (κ2) is 6.78. The summed E-state index contributed by atoms with van der Waals surface area (Å²) in [7, 11) is 1.70. The number of aliphatic carboxylic acids is 1. The first-order valence-corrected chi connectivity index (χ1v) is 6.07. The molecule has 0 bridgehead atoms. The maximum absolute atomic E-state index is 11.8. The molecule has 0 spiro atoms. The number of hydrogen-bond acceptors (Lipinski definition) is 3. The summed E-state index contributed by atoms with van der Waals surface area (Å²) in [4.78, 5) is 22.8. The molecule has 2 N–H and O–H groups in total. The van der Waals surface area contributed by atoms with Gasteiger partial charge in [-0.2, -0.15) is 5.10 Å². The zero-order chi connectivity index (χ0) is 13.5. The summed E-state index contributed by atoms with van der Waals surface area (Å²) < 4.78 is 1.50. The van der Waals surface area contributed by atoms with Crippen molar-refractivity contribution < 1.29 is 14.7 Å². The summed E-state index contributed by atoms with van der Waals surface area (Å²) in [5.41, 5.74) is 0.374. The monoisotopic (exact) mass is 253 g/mol. The highest BCUT2D eigenvalue weighted by atomic mass is 16.4. The second-order valence-electron chi connectivity index (χ2n) is 4.26. The van der Waals surface area contributed by atoms with Crippen LogP contribution in [0.2, 0.25) is 0 Å². The van der Waals surface area contributed by atoms with E-state index in [0.717, 1.165) is 19.3 Å². The molecule has 0 aliphatic heterocycles. The van der Waals surface area contributed by atoms with Gasteiger partial charge in [-0.25, -0.2) is 4.79 Å². The summed E-state index contributed by atoms with van der Waals surface area (Å²) in [5, 5.41) is 15.4. The summed E-state index contributed by atoms with van der Waals surface area (Å²) in [6.45, 7) is 2.05. The molecule has 18 heavy (non-hydrogen) atoms. The average molecular weight is 253 g/mol. The number of unbranched alkanes of at least 4 members (excludes halogenated alkanes) is 2. The van der Waals surface area contributed by atoms with E-state index in [-0.39, 0.29) is 0 Å². The third kappa shape index (κ3) is 4.20. The minimum atomic E-state index is -0.997. The molecule has 0 saturated heterocycles. The minimum absolute atomic E-state index is 0.374. The van der Waals surface area contributed by atoms with Gasteiger partial charge >= 0.3 is 5.97 Å². The third-order valence-electron chi connectivity index (χ3n) is 2.67. The molecular formula is C12H19N3O3. The zero-order valence-electron chi connectivity index (χ0n) is 10.7. The number of rotatable bonds is 7. The van der Waals surface area contributed by atoms with Gasteiger partial charge in [0.1, 0.15) is 6.04 Å². The topological polar surface area (TPSA) is 84.2 Å². The van der Waals surface area contributed by atoms with Gasteiger partial charge in [-0.3, -0.25) is 9.48 Å². The van der Waals surface area contributed by atoms with Crippen LogP contribution in [0.15, 0.2) is 12.4 Å². The molecular weight excluding hydrogens is 234 g/mol. The molecule has 1 aromatic heterocycles. The van der Waals surface area contributed by atoms with E-state index in [4.69, 9.17) is 5.11 Å². The van der Waals surface area contributed by atoms with Gasteiger partial charge in [0, 0.05) is 13.2 Å². The Morgan fingerprint density at radius 1 is 1.50 bits per heavy atom. The van der Waals surface area contributed by atoms with Gasteiger partial charge in [-0.15, -0.1) is 0 Å². The second-order valence-corrected chi connectivity index (χ2v) is 4.26. The van der Waals surface area contributed by atoms with Crippen molar-refractivity contribution in [2.75, 3.05) is 0 Å². The van der Waals surface area contributed by atoms with Crippen molar-refractivity contribution in [3.63, 3.8) is 0 Å². The molecule has 0 unspecified atom stereocenters. The third-order valence-corrected chi connectivity index (χ3v) is 2.67. The van der Waals surface area contributed by atoms with Crippen molar-refractivity contribution in [3.8, 4) is 0 Å². The van der Waals surface area contributed by atoms with Crippen LogP contribution < -0.4 is 5.32 Å². The largest absolute Gasteiger partial charge is 0.480 e. The van der Waals surface area contributed by atoms with Crippen LogP contribution in [-0.4, -0.2) is 32.8 Å². The molecule has 100 valence electrons. The van der Waals surface area contributed by atoms with E-state index in [0.29, 0.717) is 12.0 Å². The molecule has 0 saturated carbocycles. The Balaban J connectivity index is 2.55. The van der Waals surface area contributed by atoms with Crippen LogP contribution in [0.4, 0.5) is 0 Å². The van der Waals surface area contributed by atoms with Crippen LogP contribution in [0.25, 0.3) is 0 Å². The summed E-state index contributed by atoms with van der Waals surface area (Å²) in [5.74, 6) is -1.39. The van der Waals surface area contributed by atoms with Gasteiger partial charge in [-0.1, -0.05) is 26.2 Å². The number of carboxylic acids is 1. The quantitative estimate of drug-likeness (QED) is 0.715. The van der Waals surface area contributed by atoms with Crippen molar-refractivity contribution in [1.29, 1.82) is 0 Å². The fraction of sp³-hybridized carbons (Fsp3) is 0.583. The van der Waals surface area contributed by atoms with E-state index in [1.165, 1.54) is 10.9 Å². The molecule has 1 heterocycles. The lowest BCUT2D eigenvalue weighted by atomic mass is 10.1. The van der Waals surface area contributed by atoms with Crippen molar-refractivity contribution >= 4 is 11.9 Å². The molecule has 0 aliphatic rings. The van der Waals surface area contributed by atoms with E-state index in [1.807, 2.05) is 6.92 Å². The fourth-order valence-electron chi connectivity index (χ4n) is 1.64. The molecule has 1 atom stereocenters. The number of carbonyl (C=O) groups is 2. The Morgan fingerprint density at radius 2 is 2.22 bits per heavy atom. The van der Waals surface area contributed by atoms with E-state index in [9.17, 15) is 9.59 Å². The average Bonchev–Trinajstić information content (AvgIpc) is 2.74. The summed E-state index contributed by atoms with van der Waals surface area (Å²) in [6, 6.07) is -0.829. The van der Waals surface area contributed by atoms with Crippen LogP contribution in [0.5, 0.6) is 0 Å². The van der Waals surface area contributed by atoms with Gasteiger partial charge in [0.2, 0.25) is 0 Å². The van der Waals surface area contributed by atoms with E-state index >= 15 is 0 Å². The van der Waals surface area contributed by atoms with Gasteiger partial charge in [-0.05, 0) is 6.42 Å². The maximum Gasteiger partial charge on any atom is 0.326 e. The van der Waals surface area contributed by atoms with Crippen LogP contribution >= 0.6 is 0 Å². The smallest absolute Gasteiger partial charge is 0.326 e. The van der Waals surface area contributed by atoms with Crippen LogP contribution in [0.3, 0.4) is 0 Å². The fourth-order valence-corrected chi connectivity index (χ4v) is 1.64. The summed E-state index contributed by atoms with van der Waals surface area (Å²) in [6.07, 6.45) is 6.20. The number of nitrogens with zero attached hydrogens (tertiary/aromatic N) is 2. The highest BCUT2D eigenvalue weighted by molar-refractivity contribution is 5.96. The van der Waals surface area contributed by atoms with Crippen LogP contribution in [-0.2, 0) is 11.8 Å². The SMILES string of the molecule is CCCCC[C@@H](NC(=O)c1cnn(C)c1)C(=O)O.